The van der Waals surface area contributed by atoms with Crippen molar-refractivity contribution in [3.63, 3.8) is 0 Å². The second-order valence-electron chi connectivity index (χ2n) is 13.1. The summed E-state index contributed by atoms with van der Waals surface area (Å²) in [6.45, 7) is 4.61. The molecule has 0 saturated carbocycles. The van der Waals surface area contributed by atoms with Crippen LogP contribution in [0.5, 0.6) is 0 Å². The van der Waals surface area contributed by atoms with Crippen LogP contribution >= 0.6 is 0 Å². The summed E-state index contributed by atoms with van der Waals surface area (Å²) in [5, 5.41) is 0. The third-order valence-electron chi connectivity index (χ3n) is 9.05. The van der Waals surface area contributed by atoms with Crippen LogP contribution in [0.1, 0.15) is 218 Å². The predicted molar refractivity (Wildman–Crippen MR) is 183 cm³/mol. The quantitative estimate of drug-likeness (QED) is 0.0778. The van der Waals surface area contributed by atoms with Gasteiger partial charge in [0.2, 0.25) is 0 Å². The Kier molecular flexibility index (Phi) is 29.0. The molecule has 1 aromatic carbocycles. The highest BCUT2D eigenvalue weighted by Gasteiger charge is 2.00. The molecule has 0 spiro atoms. The van der Waals surface area contributed by atoms with Crippen molar-refractivity contribution >= 4 is 0 Å². The van der Waals surface area contributed by atoms with Crippen LogP contribution in [0, 0.1) is 6.07 Å². The zero-order valence-electron chi connectivity index (χ0n) is 27.9. The molecule has 0 aliphatic rings. The third-order valence-corrected chi connectivity index (χ3v) is 9.05. The Morgan fingerprint density at radius 3 is 0.800 bits per heavy atom. The maximum atomic E-state index is 3.43. The molecule has 233 valence electrons. The van der Waals surface area contributed by atoms with E-state index in [0.29, 0.717) is 0 Å². The van der Waals surface area contributed by atoms with Crippen LogP contribution in [0.2, 0.25) is 0 Å². The van der Waals surface area contributed by atoms with Crippen molar-refractivity contribution in [3.05, 3.63) is 35.4 Å². The number of unbranched alkanes of at least 4 members (excludes halogenated alkanes) is 28. The van der Waals surface area contributed by atoms with Gasteiger partial charge in [-0.1, -0.05) is 212 Å². The number of aryl methyl sites for hydroxylation is 2. The van der Waals surface area contributed by atoms with Crippen LogP contribution in [-0.4, -0.2) is 0 Å². The van der Waals surface area contributed by atoms with Crippen LogP contribution in [0.3, 0.4) is 0 Å². The average molecular weight is 554 g/mol. The lowest BCUT2D eigenvalue weighted by atomic mass is 9.99. The van der Waals surface area contributed by atoms with Crippen molar-refractivity contribution in [2.75, 3.05) is 0 Å². The minimum Gasteiger partial charge on any atom is -0.0654 e. The number of hydrogen-bond donors (Lipinski definition) is 0. The Balaban J connectivity index is 1.86. The molecule has 0 fully saturated rings. The first-order chi connectivity index (χ1) is 19.9. The molecule has 0 aromatic heterocycles. The molecular formula is C40H73. The number of benzene rings is 1. The molecule has 1 radical (unpaired) electrons. The standard InChI is InChI=1S/C40H73/c1-3-5-7-9-11-13-15-17-19-21-23-25-27-29-31-34-39-36-33-37-40(38-39)35-32-30-28-26-24-22-20-18-16-14-12-10-8-6-4-2/h36-38H,3-32,34-35H2,1-2H3. The highest BCUT2D eigenvalue weighted by molar-refractivity contribution is 5.22. The highest BCUT2D eigenvalue weighted by atomic mass is 14.1. The van der Waals surface area contributed by atoms with Crippen molar-refractivity contribution in [2.45, 2.75) is 219 Å². The number of hydrogen-bond acceptors (Lipinski definition) is 0. The zero-order valence-corrected chi connectivity index (χ0v) is 27.9. The second-order valence-corrected chi connectivity index (χ2v) is 13.1. The minimum atomic E-state index is 1.25. The van der Waals surface area contributed by atoms with E-state index in [1.165, 1.54) is 217 Å². The van der Waals surface area contributed by atoms with Crippen molar-refractivity contribution in [3.8, 4) is 0 Å². The molecule has 0 unspecified atom stereocenters. The molecule has 0 N–H and O–H groups in total. The monoisotopic (exact) mass is 554 g/mol. The Hall–Kier alpha value is -0.780. The molecule has 0 bridgehead atoms. The molecule has 0 aliphatic carbocycles. The minimum absolute atomic E-state index is 1.25. The van der Waals surface area contributed by atoms with Crippen molar-refractivity contribution in [1.82, 2.24) is 0 Å². The van der Waals surface area contributed by atoms with Gasteiger partial charge in [-0.25, -0.2) is 0 Å². The fourth-order valence-electron chi connectivity index (χ4n) is 6.27. The summed E-state index contributed by atoms with van der Waals surface area (Å²) < 4.78 is 0. The molecule has 0 heteroatoms. The van der Waals surface area contributed by atoms with Gasteiger partial charge in [0.25, 0.3) is 0 Å². The second kappa shape index (κ2) is 31.2. The lowest BCUT2D eigenvalue weighted by molar-refractivity contribution is 0.532. The van der Waals surface area contributed by atoms with Gasteiger partial charge in [-0.2, -0.15) is 0 Å². The van der Waals surface area contributed by atoms with Crippen LogP contribution in [-0.2, 0) is 12.8 Å². The van der Waals surface area contributed by atoms with E-state index < -0.39 is 0 Å². The van der Waals surface area contributed by atoms with Gasteiger partial charge in [0.15, 0.2) is 0 Å². The lowest BCUT2D eigenvalue weighted by Gasteiger charge is -2.06. The molecule has 0 amide bonds. The van der Waals surface area contributed by atoms with Crippen LogP contribution in [0.4, 0.5) is 0 Å². The molecule has 0 saturated heterocycles. The Morgan fingerprint density at radius 2 is 0.550 bits per heavy atom. The van der Waals surface area contributed by atoms with Crippen molar-refractivity contribution < 1.29 is 0 Å². The van der Waals surface area contributed by atoms with E-state index in [0.717, 1.165) is 0 Å². The van der Waals surface area contributed by atoms with Crippen LogP contribution in [0.15, 0.2) is 18.2 Å². The van der Waals surface area contributed by atoms with Crippen LogP contribution < -0.4 is 0 Å². The van der Waals surface area contributed by atoms with Crippen molar-refractivity contribution in [2.24, 2.45) is 0 Å². The van der Waals surface area contributed by atoms with E-state index in [4.69, 9.17) is 0 Å². The molecule has 0 nitrogen and oxygen atoms in total. The van der Waals surface area contributed by atoms with Gasteiger partial charge in [0.1, 0.15) is 0 Å². The topological polar surface area (TPSA) is 0 Å². The van der Waals surface area contributed by atoms with E-state index in [1.54, 1.807) is 0 Å². The summed E-state index contributed by atoms with van der Waals surface area (Å²) in [6, 6.07) is 10.4. The van der Waals surface area contributed by atoms with Gasteiger partial charge >= 0.3 is 0 Å². The largest absolute Gasteiger partial charge is 0.0654 e. The van der Waals surface area contributed by atoms with E-state index in [9.17, 15) is 0 Å². The molecule has 0 atom stereocenters. The van der Waals surface area contributed by atoms with Gasteiger partial charge in [-0.05, 0) is 42.9 Å². The average Bonchev–Trinajstić information content (AvgIpc) is 2.97. The van der Waals surface area contributed by atoms with Gasteiger partial charge in [0, 0.05) is 0 Å². The first-order valence-electron chi connectivity index (χ1n) is 18.9. The van der Waals surface area contributed by atoms with Gasteiger partial charge in [-0.15, -0.1) is 0 Å². The molecule has 1 aromatic rings. The number of rotatable bonds is 32. The zero-order chi connectivity index (χ0) is 28.6. The summed E-state index contributed by atoms with van der Waals surface area (Å²) in [7, 11) is 0. The summed E-state index contributed by atoms with van der Waals surface area (Å²) in [5.41, 5.74) is 3.04. The van der Waals surface area contributed by atoms with E-state index in [-0.39, 0.29) is 0 Å². The molecule has 1 rings (SSSR count). The maximum Gasteiger partial charge on any atom is -0.0178 e. The fourth-order valence-corrected chi connectivity index (χ4v) is 6.27. The summed E-state index contributed by atoms with van der Waals surface area (Å²) in [4.78, 5) is 0. The highest BCUT2D eigenvalue weighted by Crippen LogP contribution is 2.17. The first kappa shape index (κ1) is 37.2. The Labute approximate surface area is 254 Å². The molecular weight excluding hydrogens is 480 g/mol. The molecule has 0 heterocycles. The normalized spacial score (nSPS) is 11.4. The SMILES string of the molecule is CCCCCCCCCCCCCCCCCc1c[c]cc(CCCCCCCCCCCCCCCCC)c1. The van der Waals surface area contributed by atoms with Gasteiger partial charge in [0.05, 0.1) is 0 Å². The predicted octanol–water partition coefficient (Wildman–Crippen LogP) is 14.3. The maximum absolute atomic E-state index is 3.43. The van der Waals surface area contributed by atoms with E-state index in [2.05, 4.69) is 38.1 Å². The Bertz CT molecular complexity index is 553. The van der Waals surface area contributed by atoms with Gasteiger partial charge < -0.3 is 0 Å². The van der Waals surface area contributed by atoms with E-state index >= 15 is 0 Å². The third kappa shape index (κ3) is 26.1. The molecule has 40 heavy (non-hydrogen) atoms. The van der Waals surface area contributed by atoms with Crippen LogP contribution in [0.25, 0.3) is 0 Å². The summed E-state index contributed by atoms with van der Waals surface area (Å²) in [6.07, 6.45) is 45.8. The fraction of sp³-hybridized carbons (Fsp3) is 0.850. The van der Waals surface area contributed by atoms with E-state index in [1.807, 2.05) is 0 Å². The first-order valence-corrected chi connectivity index (χ1v) is 18.9. The summed E-state index contributed by atoms with van der Waals surface area (Å²) in [5.74, 6) is 0. The molecule has 0 aliphatic heterocycles. The van der Waals surface area contributed by atoms with Gasteiger partial charge in [-0.3, -0.25) is 0 Å². The smallest absolute Gasteiger partial charge is 0.0178 e. The lowest BCUT2D eigenvalue weighted by Crippen LogP contribution is -1.91. The summed E-state index contributed by atoms with van der Waals surface area (Å²) >= 11 is 0. The van der Waals surface area contributed by atoms with Crippen molar-refractivity contribution in [1.29, 1.82) is 0 Å². The Morgan fingerprint density at radius 1 is 0.325 bits per heavy atom.